The molecule has 1 aromatic carbocycles. The second-order valence-corrected chi connectivity index (χ2v) is 8.13. The third-order valence-electron chi connectivity index (χ3n) is 5.40. The normalized spacial score (nSPS) is 29.0. The highest BCUT2D eigenvalue weighted by Crippen LogP contribution is 2.51. The molecule has 1 nitrogen and oxygen atoms in total. The number of halogens is 2. The van der Waals surface area contributed by atoms with Crippen LogP contribution in [0.25, 0.3) is 0 Å². The lowest BCUT2D eigenvalue weighted by Gasteiger charge is -2.28. The minimum atomic E-state index is 0.459. The van der Waals surface area contributed by atoms with Crippen LogP contribution in [0.2, 0.25) is 5.02 Å². The first kappa shape index (κ1) is 15.8. The van der Waals surface area contributed by atoms with Gasteiger partial charge in [-0.05, 0) is 74.1 Å². The molecule has 2 saturated carbocycles. The molecule has 0 aromatic heterocycles. The number of hydrogen-bond donors (Lipinski definition) is 1. The van der Waals surface area contributed by atoms with E-state index in [1.54, 1.807) is 0 Å². The fourth-order valence-electron chi connectivity index (χ4n) is 4.39. The summed E-state index contributed by atoms with van der Waals surface area (Å²) >= 11 is 9.80. The number of fused-ring (bicyclic) bond motifs is 2. The van der Waals surface area contributed by atoms with Gasteiger partial charge in [-0.3, -0.25) is 0 Å². The van der Waals surface area contributed by atoms with Crippen molar-refractivity contribution < 1.29 is 0 Å². The van der Waals surface area contributed by atoms with Gasteiger partial charge in [0.1, 0.15) is 0 Å². The van der Waals surface area contributed by atoms with E-state index in [4.69, 9.17) is 11.6 Å². The molecule has 0 spiro atoms. The predicted molar refractivity (Wildman–Crippen MR) is 93.7 cm³/mol. The topological polar surface area (TPSA) is 12.0 Å². The van der Waals surface area contributed by atoms with Crippen molar-refractivity contribution in [2.75, 3.05) is 6.54 Å². The van der Waals surface area contributed by atoms with Gasteiger partial charge < -0.3 is 5.32 Å². The lowest BCUT2D eigenvalue weighted by Crippen LogP contribution is -2.26. The molecule has 3 heteroatoms. The maximum Gasteiger partial charge on any atom is 0.0417 e. The maximum absolute atomic E-state index is 6.10. The minimum absolute atomic E-state index is 0.459. The number of hydrogen-bond acceptors (Lipinski definition) is 1. The van der Waals surface area contributed by atoms with Gasteiger partial charge in [0.15, 0.2) is 0 Å². The molecule has 2 fully saturated rings. The zero-order chi connectivity index (χ0) is 14.8. The number of rotatable bonds is 6. The van der Waals surface area contributed by atoms with Crippen molar-refractivity contribution in [3.8, 4) is 0 Å². The molecular formula is C18H25BrClN. The Hall–Kier alpha value is -0.0500. The Balaban J connectivity index is 1.74. The molecule has 1 aromatic rings. The molecule has 3 rings (SSSR count). The Labute approximate surface area is 142 Å². The molecule has 2 aliphatic carbocycles. The second-order valence-electron chi connectivity index (χ2n) is 6.84. The summed E-state index contributed by atoms with van der Waals surface area (Å²) in [4.78, 5) is 0. The highest BCUT2D eigenvalue weighted by atomic mass is 79.9. The van der Waals surface area contributed by atoms with E-state index in [1.165, 1.54) is 44.1 Å². The van der Waals surface area contributed by atoms with E-state index in [0.29, 0.717) is 6.04 Å². The highest BCUT2D eigenvalue weighted by Gasteiger charge is 2.40. The standard InChI is InChI=1S/C18H25BrClN/c1-2-7-21-18(16-6-5-15(20)11-17(16)19)10-14-9-12-3-4-13(14)8-12/h5-6,11-14,18,21H,2-4,7-10H2,1H3. The van der Waals surface area contributed by atoms with E-state index < -0.39 is 0 Å². The molecule has 0 aliphatic heterocycles. The van der Waals surface area contributed by atoms with Crippen LogP contribution in [0, 0.1) is 17.8 Å². The van der Waals surface area contributed by atoms with E-state index in [2.05, 4.69) is 34.2 Å². The molecule has 0 radical (unpaired) electrons. The van der Waals surface area contributed by atoms with E-state index in [1.807, 2.05) is 12.1 Å². The Kier molecular flexibility index (Phi) is 5.29. The van der Waals surface area contributed by atoms with Gasteiger partial charge in [-0.15, -0.1) is 0 Å². The molecule has 4 unspecified atom stereocenters. The zero-order valence-corrected chi connectivity index (χ0v) is 15.1. The zero-order valence-electron chi connectivity index (χ0n) is 12.7. The molecule has 116 valence electrons. The third kappa shape index (κ3) is 3.65. The summed E-state index contributed by atoms with van der Waals surface area (Å²) in [5.41, 5.74) is 1.37. The maximum atomic E-state index is 6.10. The molecule has 21 heavy (non-hydrogen) atoms. The fraction of sp³-hybridized carbons (Fsp3) is 0.667. The molecule has 2 aliphatic rings. The van der Waals surface area contributed by atoms with Crippen LogP contribution in [0.3, 0.4) is 0 Å². The van der Waals surface area contributed by atoms with Crippen LogP contribution < -0.4 is 5.32 Å². The van der Waals surface area contributed by atoms with Gasteiger partial charge in [0.25, 0.3) is 0 Å². The molecular weight excluding hydrogens is 346 g/mol. The average Bonchev–Trinajstić information content (AvgIpc) is 3.06. The third-order valence-corrected chi connectivity index (χ3v) is 6.32. The van der Waals surface area contributed by atoms with E-state index >= 15 is 0 Å². The van der Waals surface area contributed by atoms with Crippen LogP contribution in [0.5, 0.6) is 0 Å². The van der Waals surface area contributed by atoms with E-state index in [0.717, 1.165) is 33.8 Å². The summed E-state index contributed by atoms with van der Waals surface area (Å²) < 4.78 is 1.15. The van der Waals surface area contributed by atoms with Crippen LogP contribution in [0.1, 0.15) is 57.1 Å². The van der Waals surface area contributed by atoms with Gasteiger partial charge in [0, 0.05) is 15.5 Å². The van der Waals surface area contributed by atoms with Crippen molar-refractivity contribution in [3.05, 3.63) is 33.3 Å². The largest absolute Gasteiger partial charge is 0.310 e. The van der Waals surface area contributed by atoms with Crippen LogP contribution in [0.15, 0.2) is 22.7 Å². The molecule has 0 saturated heterocycles. The monoisotopic (exact) mass is 369 g/mol. The highest BCUT2D eigenvalue weighted by molar-refractivity contribution is 9.10. The molecule has 0 amide bonds. The van der Waals surface area contributed by atoms with Crippen molar-refractivity contribution in [1.29, 1.82) is 0 Å². The first-order valence-corrected chi connectivity index (χ1v) is 9.52. The Morgan fingerprint density at radius 3 is 2.81 bits per heavy atom. The van der Waals surface area contributed by atoms with Crippen molar-refractivity contribution in [1.82, 2.24) is 5.32 Å². The van der Waals surface area contributed by atoms with Crippen molar-refractivity contribution in [2.45, 2.75) is 51.5 Å². The number of benzene rings is 1. The second kappa shape index (κ2) is 7.02. The number of nitrogens with one attached hydrogen (secondary N) is 1. The Morgan fingerprint density at radius 1 is 1.33 bits per heavy atom. The summed E-state index contributed by atoms with van der Waals surface area (Å²) in [6.45, 7) is 3.32. The summed E-state index contributed by atoms with van der Waals surface area (Å²) in [7, 11) is 0. The average molecular weight is 371 g/mol. The van der Waals surface area contributed by atoms with Gasteiger partial charge in [-0.2, -0.15) is 0 Å². The minimum Gasteiger partial charge on any atom is -0.310 e. The van der Waals surface area contributed by atoms with Gasteiger partial charge in [0.05, 0.1) is 0 Å². The first-order chi connectivity index (χ1) is 10.2. The Bertz CT molecular complexity index is 490. The SMILES string of the molecule is CCCNC(CC1CC2CCC1C2)c1ccc(Cl)cc1Br. The van der Waals surface area contributed by atoms with Crippen LogP contribution >= 0.6 is 27.5 Å². The molecule has 0 heterocycles. The summed E-state index contributed by atoms with van der Waals surface area (Å²) in [6.07, 6.45) is 8.36. The van der Waals surface area contributed by atoms with Crippen LogP contribution in [-0.2, 0) is 0 Å². The quantitative estimate of drug-likeness (QED) is 0.650. The summed E-state index contributed by atoms with van der Waals surface area (Å²) in [5, 5.41) is 4.56. The van der Waals surface area contributed by atoms with E-state index in [9.17, 15) is 0 Å². The van der Waals surface area contributed by atoms with Gasteiger partial charge >= 0.3 is 0 Å². The predicted octanol–water partition coefficient (Wildman–Crippen LogP) is 5.97. The molecule has 4 atom stereocenters. The smallest absolute Gasteiger partial charge is 0.0417 e. The lowest BCUT2D eigenvalue weighted by atomic mass is 9.82. The Morgan fingerprint density at radius 2 is 2.19 bits per heavy atom. The van der Waals surface area contributed by atoms with E-state index in [-0.39, 0.29) is 0 Å². The lowest BCUT2D eigenvalue weighted by molar-refractivity contribution is 0.279. The molecule has 2 bridgehead atoms. The van der Waals surface area contributed by atoms with Crippen LogP contribution in [-0.4, -0.2) is 6.54 Å². The van der Waals surface area contributed by atoms with Gasteiger partial charge in [0.2, 0.25) is 0 Å². The van der Waals surface area contributed by atoms with Crippen molar-refractivity contribution in [3.63, 3.8) is 0 Å². The fourth-order valence-corrected chi connectivity index (χ4v) is 5.35. The van der Waals surface area contributed by atoms with Crippen LogP contribution in [0.4, 0.5) is 0 Å². The summed E-state index contributed by atoms with van der Waals surface area (Å²) in [6, 6.07) is 6.69. The molecule has 1 N–H and O–H groups in total. The summed E-state index contributed by atoms with van der Waals surface area (Å²) in [5.74, 6) is 2.94. The van der Waals surface area contributed by atoms with Gasteiger partial charge in [-0.25, -0.2) is 0 Å². The first-order valence-electron chi connectivity index (χ1n) is 8.35. The van der Waals surface area contributed by atoms with Crippen molar-refractivity contribution >= 4 is 27.5 Å². The van der Waals surface area contributed by atoms with Gasteiger partial charge in [-0.1, -0.05) is 46.9 Å². The van der Waals surface area contributed by atoms with Crippen molar-refractivity contribution in [2.24, 2.45) is 17.8 Å².